The van der Waals surface area contributed by atoms with E-state index in [1.54, 1.807) is 0 Å². The number of aliphatic hydroxyl groups excluding tert-OH is 1. The zero-order valence-corrected chi connectivity index (χ0v) is 13.9. The van der Waals surface area contributed by atoms with Gasteiger partial charge in [0, 0.05) is 0 Å². The largest absolute Gasteiger partial charge is 0.478 e. The first-order chi connectivity index (χ1) is 10.1. The Balaban J connectivity index is 5.24. The van der Waals surface area contributed by atoms with Crippen LogP contribution in [-0.4, -0.2) is 63.2 Å². The molecule has 0 spiro atoms. The molecule has 0 aliphatic carbocycles. The van der Waals surface area contributed by atoms with Crippen LogP contribution in [0, 0.1) is 5.92 Å². The fourth-order valence-corrected chi connectivity index (χ4v) is 2.28. The zero-order chi connectivity index (χ0) is 17.4. The number of carboxylic acid groups (broad SMARTS) is 1. The van der Waals surface area contributed by atoms with Gasteiger partial charge in [0.2, 0.25) is 18.0 Å². The monoisotopic (exact) mass is 335 g/mol. The van der Waals surface area contributed by atoms with E-state index >= 15 is 0 Å². The Hall–Kier alpha value is -1.16. The van der Waals surface area contributed by atoms with Gasteiger partial charge in [-0.25, -0.2) is 9.69 Å². The number of nitrogens with two attached hydrogens (primary N) is 2. The Morgan fingerprint density at radius 2 is 1.64 bits per heavy atom. The number of carboxylic acids is 1. The van der Waals surface area contributed by atoms with E-state index in [2.05, 4.69) is 0 Å². The molecule has 0 aromatic rings. The fourth-order valence-electron chi connectivity index (χ4n) is 1.79. The second kappa shape index (κ2) is 9.78. The summed E-state index contributed by atoms with van der Waals surface area (Å²) in [5.41, 5.74) is 11.4. The van der Waals surface area contributed by atoms with Gasteiger partial charge < -0.3 is 21.7 Å². The maximum atomic E-state index is 12.2. The molecule has 8 nitrogen and oxygen atoms in total. The molecule has 22 heavy (non-hydrogen) atoms. The van der Waals surface area contributed by atoms with Gasteiger partial charge in [-0.3, -0.25) is 9.59 Å². The van der Waals surface area contributed by atoms with Crippen LogP contribution in [-0.2, 0) is 14.4 Å². The maximum absolute atomic E-state index is 12.2. The van der Waals surface area contributed by atoms with Crippen LogP contribution in [0.3, 0.4) is 0 Å². The lowest BCUT2D eigenvalue weighted by molar-refractivity contribution is -0.173. The van der Waals surface area contributed by atoms with Gasteiger partial charge >= 0.3 is 5.97 Å². The summed E-state index contributed by atoms with van der Waals surface area (Å²) < 4.78 is 0. The van der Waals surface area contributed by atoms with Gasteiger partial charge in [0.1, 0.15) is 0 Å². The van der Waals surface area contributed by atoms with Crippen LogP contribution < -0.4 is 11.5 Å². The van der Waals surface area contributed by atoms with E-state index < -0.39 is 36.1 Å². The van der Waals surface area contributed by atoms with E-state index in [1.165, 1.54) is 11.8 Å². The van der Waals surface area contributed by atoms with Crippen molar-refractivity contribution < 1.29 is 24.6 Å². The second-order valence-corrected chi connectivity index (χ2v) is 6.37. The van der Waals surface area contributed by atoms with E-state index in [1.807, 2.05) is 20.1 Å². The number of carbonyl (C=O) groups is 3. The van der Waals surface area contributed by atoms with Crippen LogP contribution in [0.2, 0.25) is 0 Å². The average molecular weight is 335 g/mol. The van der Waals surface area contributed by atoms with E-state index in [0.29, 0.717) is 5.75 Å². The third-order valence-electron chi connectivity index (χ3n) is 2.93. The molecule has 0 radical (unpaired) electrons. The van der Waals surface area contributed by atoms with Crippen molar-refractivity contribution in [2.75, 3.05) is 12.0 Å². The second-order valence-electron chi connectivity index (χ2n) is 5.38. The lowest BCUT2D eigenvalue weighted by Gasteiger charge is -2.28. The number of nitrogens with zero attached hydrogens (tertiary/aromatic N) is 1. The molecule has 128 valence electrons. The van der Waals surface area contributed by atoms with Crippen LogP contribution in [0.5, 0.6) is 0 Å². The molecule has 0 rings (SSSR count). The number of thioether (sulfide) groups is 1. The van der Waals surface area contributed by atoms with Crippen molar-refractivity contribution in [1.29, 1.82) is 0 Å². The van der Waals surface area contributed by atoms with Crippen LogP contribution in [0.15, 0.2) is 0 Å². The maximum Gasteiger partial charge on any atom is 0.354 e. The van der Waals surface area contributed by atoms with Gasteiger partial charge in [-0.1, -0.05) is 13.8 Å². The summed E-state index contributed by atoms with van der Waals surface area (Å²) in [6.07, 6.45) is 0.0495. The van der Waals surface area contributed by atoms with Gasteiger partial charge in [0.05, 0.1) is 12.1 Å². The first-order valence-electron chi connectivity index (χ1n) is 6.91. The molecule has 3 atom stereocenters. The number of hydrogen-bond acceptors (Lipinski definition) is 7. The van der Waals surface area contributed by atoms with E-state index in [4.69, 9.17) is 16.6 Å². The highest BCUT2D eigenvalue weighted by molar-refractivity contribution is 7.98. The van der Waals surface area contributed by atoms with Crippen LogP contribution >= 0.6 is 11.8 Å². The minimum atomic E-state index is -2.29. The molecule has 0 heterocycles. The minimum Gasteiger partial charge on any atom is -0.478 e. The molecule has 0 bridgehead atoms. The molecule has 0 saturated heterocycles. The summed E-state index contributed by atoms with van der Waals surface area (Å²) in [5.74, 6) is -2.95. The predicted octanol–water partition coefficient (Wildman–Crippen LogP) is -0.802. The SMILES string of the molecule is CSCCC(N)C(=O)N(C(=O)C(N)CC(C)C)C(O)C(=O)O. The highest BCUT2D eigenvalue weighted by atomic mass is 32.2. The number of hydrogen-bond donors (Lipinski definition) is 4. The smallest absolute Gasteiger partial charge is 0.354 e. The molecule has 0 aromatic carbocycles. The number of rotatable bonds is 9. The van der Waals surface area contributed by atoms with E-state index in [0.717, 1.165) is 0 Å². The number of carbonyl (C=O) groups excluding carboxylic acids is 2. The molecule has 0 aliphatic rings. The third kappa shape index (κ3) is 6.30. The number of amides is 2. The van der Waals surface area contributed by atoms with Crippen LogP contribution in [0.25, 0.3) is 0 Å². The first kappa shape index (κ1) is 20.8. The van der Waals surface area contributed by atoms with Gasteiger partial charge in [0.25, 0.3) is 0 Å². The topological polar surface area (TPSA) is 147 Å². The standard InChI is InChI=1S/C13H25N3O5S/c1-7(2)6-9(15)11(18)16(12(19)13(20)21)10(17)8(14)4-5-22-3/h7-9,12,19H,4-6,14-15H2,1-3H3,(H,20,21). The van der Waals surface area contributed by atoms with E-state index in [9.17, 15) is 19.5 Å². The summed E-state index contributed by atoms with van der Waals surface area (Å²) in [6, 6.07) is -2.15. The Labute approximate surface area is 134 Å². The lowest BCUT2D eigenvalue weighted by Crippen LogP contribution is -2.58. The molecule has 0 fully saturated rings. The van der Waals surface area contributed by atoms with Gasteiger partial charge in [0.15, 0.2) is 0 Å². The first-order valence-corrected chi connectivity index (χ1v) is 8.30. The molecular weight excluding hydrogens is 310 g/mol. The molecule has 0 aromatic heterocycles. The quantitative estimate of drug-likeness (QED) is 0.400. The van der Waals surface area contributed by atoms with Crippen LogP contribution in [0.4, 0.5) is 0 Å². The highest BCUT2D eigenvalue weighted by Gasteiger charge is 2.38. The Morgan fingerprint density at radius 3 is 2.05 bits per heavy atom. The van der Waals surface area contributed by atoms with Crippen molar-refractivity contribution in [2.45, 2.75) is 45.0 Å². The van der Waals surface area contributed by atoms with Crippen molar-refractivity contribution in [3.63, 3.8) is 0 Å². The van der Waals surface area contributed by atoms with Crippen molar-refractivity contribution in [3.05, 3.63) is 0 Å². The highest BCUT2D eigenvalue weighted by Crippen LogP contribution is 2.11. The third-order valence-corrected chi connectivity index (χ3v) is 3.58. The number of imide groups is 1. The molecule has 2 amide bonds. The van der Waals surface area contributed by atoms with Crippen LogP contribution in [0.1, 0.15) is 26.7 Å². The summed E-state index contributed by atoms with van der Waals surface area (Å²) in [4.78, 5) is 35.7. The average Bonchev–Trinajstić information content (AvgIpc) is 2.43. The van der Waals surface area contributed by atoms with E-state index in [-0.39, 0.29) is 23.7 Å². The van der Waals surface area contributed by atoms with Gasteiger partial charge in [-0.2, -0.15) is 11.8 Å². The summed E-state index contributed by atoms with van der Waals surface area (Å²) in [5, 5.41) is 18.5. The lowest BCUT2D eigenvalue weighted by atomic mass is 10.0. The molecule has 0 aliphatic heterocycles. The van der Waals surface area contributed by atoms with Crippen molar-refractivity contribution in [1.82, 2.24) is 4.90 Å². The van der Waals surface area contributed by atoms with Gasteiger partial charge in [-0.05, 0) is 30.8 Å². The predicted molar refractivity (Wildman–Crippen MR) is 83.9 cm³/mol. The van der Waals surface area contributed by atoms with Gasteiger partial charge in [-0.15, -0.1) is 0 Å². The molecule has 0 saturated carbocycles. The van der Waals surface area contributed by atoms with Crippen molar-refractivity contribution >= 4 is 29.5 Å². The number of aliphatic hydroxyl groups is 1. The normalized spacial score (nSPS) is 15.2. The zero-order valence-electron chi connectivity index (χ0n) is 13.1. The Bertz CT molecular complexity index is 405. The van der Waals surface area contributed by atoms with Crippen molar-refractivity contribution in [3.8, 4) is 0 Å². The molecular formula is C13H25N3O5S. The molecule has 3 unspecified atom stereocenters. The Kier molecular flexibility index (Phi) is 9.26. The fraction of sp³-hybridized carbons (Fsp3) is 0.769. The molecule has 6 N–H and O–H groups in total. The molecule has 9 heteroatoms. The van der Waals surface area contributed by atoms with Crippen molar-refractivity contribution in [2.24, 2.45) is 17.4 Å². The number of aliphatic carboxylic acids is 1. The minimum absolute atomic E-state index is 0.0723. The Morgan fingerprint density at radius 1 is 1.14 bits per heavy atom. The summed E-state index contributed by atoms with van der Waals surface area (Å²) in [7, 11) is 0. The summed E-state index contributed by atoms with van der Waals surface area (Å²) in [6.45, 7) is 3.66. The summed E-state index contributed by atoms with van der Waals surface area (Å²) >= 11 is 1.46.